The minimum absolute atomic E-state index is 0. The van der Waals surface area contributed by atoms with E-state index in [0.29, 0.717) is 0 Å². The van der Waals surface area contributed by atoms with Gasteiger partial charge in [-0.1, -0.05) is 39.0 Å². The molecule has 1 nitrogen and oxygen atoms in total. The van der Waals surface area contributed by atoms with Gasteiger partial charge in [0.25, 0.3) is 0 Å². The van der Waals surface area contributed by atoms with Crippen LogP contribution in [0.3, 0.4) is 0 Å². The standard InChI is InChI=1S/C8H13N.C3H8.H2/c1-4-7-9-8(5-2)6-3;1-3-2;/h4-6,9H,1-2,7H2,3H3;3H2,1-2H3;1H/b8-6+;;. The van der Waals surface area contributed by atoms with E-state index in [4.69, 9.17) is 0 Å². The van der Waals surface area contributed by atoms with E-state index in [-0.39, 0.29) is 1.43 Å². The molecule has 0 aromatic heterocycles. The molecule has 0 heterocycles. The van der Waals surface area contributed by atoms with Crippen molar-refractivity contribution in [2.24, 2.45) is 0 Å². The van der Waals surface area contributed by atoms with Gasteiger partial charge in [-0.3, -0.25) is 0 Å². The molecule has 0 aliphatic heterocycles. The first-order valence-electron chi connectivity index (χ1n) is 4.40. The molecule has 12 heavy (non-hydrogen) atoms. The summed E-state index contributed by atoms with van der Waals surface area (Å²) >= 11 is 0. The second-order valence-corrected chi connectivity index (χ2v) is 2.32. The van der Waals surface area contributed by atoms with E-state index >= 15 is 0 Å². The molecule has 0 atom stereocenters. The van der Waals surface area contributed by atoms with Crippen molar-refractivity contribution in [3.8, 4) is 0 Å². The lowest BCUT2D eigenvalue weighted by molar-refractivity contribution is 0.934. The van der Waals surface area contributed by atoms with E-state index in [9.17, 15) is 0 Å². The normalized spacial score (nSPS) is 9.42. The lowest BCUT2D eigenvalue weighted by Gasteiger charge is -2.00. The van der Waals surface area contributed by atoms with E-state index in [2.05, 4.69) is 32.3 Å². The third-order valence-corrected chi connectivity index (χ3v) is 0.981. The van der Waals surface area contributed by atoms with Gasteiger partial charge in [-0.05, 0) is 13.0 Å². The van der Waals surface area contributed by atoms with Crippen LogP contribution in [0.5, 0.6) is 0 Å². The van der Waals surface area contributed by atoms with Crippen molar-refractivity contribution in [3.63, 3.8) is 0 Å². The summed E-state index contributed by atoms with van der Waals surface area (Å²) in [6.45, 7) is 14.2. The molecule has 72 valence electrons. The Morgan fingerprint density at radius 2 is 1.92 bits per heavy atom. The molecular weight excluding hydrogens is 146 g/mol. The van der Waals surface area contributed by atoms with Crippen molar-refractivity contribution < 1.29 is 1.43 Å². The molecule has 0 saturated carbocycles. The number of allylic oxidation sites excluding steroid dienone is 2. The van der Waals surface area contributed by atoms with Gasteiger partial charge in [-0.2, -0.15) is 0 Å². The Labute approximate surface area is 78.4 Å². The topological polar surface area (TPSA) is 12.0 Å². The highest BCUT2D eigenvalue weighted by Crippen LogP contribution is 1.86. The van der Waals surface area contributed by atoms with Gasteiger partial charge >= 0.3 is 0 Å². The molecule has 0 aliphatic carbocycles. The van der Waals surface area contributed by atoms with Crippen LogP contribution in [0.1, 0.15) is 28.6 Å². The second kappa shape index (κ2) is 12.7. The Bertz CT molecular complexity index is 139. The van der Waals surface area contributed by atoms with E-state index < -0.39 is 0 Å². The second-order valence-electron chi connectivity index (χ2n) is 2.32. The van der Waals surface area contributed by atoms with Crippen LogP contribution in [-0.4, -0.2) is 6.54 Å². The first-order chi connectivity index (χ1) is 5.76. The number of hydrogen-bond donors (Lipinski definition) is 1. The van der Waals surface area contributed by atoms with Gasteiger partial charge in [-0.25, -0.2) is 0 Å². The maximum absolute atomic E-state index is 3.62. The molecule has 0 radical (unpaired) electrons. The van der Waals surface area contributed by atoms with Crippen molar-refractivity contribution in [2.75, 3.05) is 6.54 Å². The highest BCUT2D eigenvalue weighted by Gasteiger charge is 1.81. The third-order valence-electron chi connectivity index (χ3n) is 0.981. The fourth-order valence-corrected chi connectivity index (χ4v) is 0.482. The monoisotopic (exact) mass is 169 g/mol. The molecule has 0 spiro atoms. The van der Waals surface area contributed by atoms with Crippen LogP contribution in [0, 0.1) is 0 Å². The minimum atomic E-state index is 0. The average molecular weight is 169 g/mol. The van der Waals surface area contributed by atoms with E-state index in [0.717, 1.165) is 12.2 Å². The van der Waals surface area contributed by atoms with E-state index in [1.54, 1.807) is 6.08 Å². The molecular formula is C11H23N. The molecule has 1 N–H and O–H groups in total. The zero-order valence-electron chi connectivity index (χ0n) is 8.56. The Kier molecular flexibility index (Phi) is 14.4. The lowest BCUT2D eigenvalue weighted by Crippen LogP contribution is -2.10. The van der Waals surface area contributed by atoms with Gasteiger partial charge < -0.3 is 5.32 Å². The van der Waals surface area contributed by atoms with Gasteiger partial charge in [0.05, 0.1) is 0 Å². The Hall–Kier alpha value is -0.980. The third kappa shape index (κ3) is 11.8. The fraction of sp³-hybridized carbons (Fsp3) is 0.455. The van der Waals surface area contributed by atoms with Gasteiger partial charge in [0.1, 0.15) is 0 Å². The Morgan fingerprint density at radius 1 is 1.42 bits per heavy atom. The largest absolute Gasteiger partial charge is 0.382 e. The number of nitrogens with one attached hydrogen (secondary N) is 1. The molecule has 0 aromatic carbocycles. The smallest absolute Gasteiger partial charge is 0.0328 e. The number of hydrogen-bond acceptors (Lipinski definition) is 1. The first kappa shape index (κ1) is 13.6. The summed E-state index contributed by atoms with van der Waals surface area (Å²) in [4.78, 5) is 0. The van der Waals surface area contributed by atoms with E-state index in [1.807, 2.05) is 19.1 Å². The summed E-state index contributed by atoms with van der Waals surface area (Å²) in [6.07, 6.45) is 6.81. The molecule has 0 aromatic rings. The summed E-state index contributed by atoms with van der Waals surface area (Å²) in [6, 6.07) is 0. The summed E-state index contributed by atoms with van der Waals surface area (Å²) < 4.78 is 0. The maximum atomic E-state index is 3.62. The SMILES string of the molecule is C=CCN/C(C=C)=C/C.CCC.[HH]. The predicted octanol–water partition coefficient (Wildman–Crippen LogP) is 3.51. The van der Waals surface area contributed by atoms with Gasteiger partial charge in [0.15, 0.2) is 0 Å². The summed E-state index contributed by atoms with van der Waals surface area (Å²) in [5.41, 5.74) is 1.05. The van der Waals surface area contributed by atoms with Crippen LogP contribution in [-0.2, 0) is 0 Å². The van der Waals surface area contributed by atoms with Crippen LogP contribution in [0.2, 0.25) is 0 Å². The average Bonchev–Trinajstić information content (AvgIpc) is 2.08. The van der Waals surface area contributed by atoms with Crippen molar-refractivity contribution in [1.82, 2.24) is 5.32 Å². The van der Waals surface area contributed by atoms with E-state index in [1.165, 1.54) is 6.42 Å². The van der Waals surface area contributed by atoms with Crippen LogP contribution in [0.15, 0.2) is 37.1 Å². The summed E-state index contributed by atoms with van der Waals surface area (Å²) in [7, 11) is 0. The van der Waals surface area contributed by atoms with Crippen molar-refractivity contribution in [2.45, 2.75) is 27.2 Å². The zero-order valence-corrected chi connectivity index (χ0v) is 8.56. The number of rotatable bonds is 4. The van der Waals surface area contributed by atoms with Crippen LogP contribution < -0.4 is 5.32 Å². The Balaban J connectivity index is -0.000000220. The molecule has 0 amide bonds. The fourth-order valence-electron chi connectivity index (χ4n) is 0.482. The Morgan fingerprint density at radius 3 is 2.17 bits per heavy atom. The quantitative estimate of drug-likeness (QED) is 0.501. The maximum Gasteiger partial charge on any atom is 0.0328 e. The predicted molar refractivity (Wildman–Crippen MR) is 60.2 cm³/mol. The van der Waals surface area contributed by atoms with Crippen molar-refractivity contribution in [3.05, 3.63) is 37.1 Å². The van der Waals surface area contributed by atoms with Crippen molar-refractivity contribution >= 4 is 0 Å². The molecule has 0 rings (SSSR count). The van der Waals surface area contributed by atoms with Crippen LogP contribution in [0.25, 0.3) is 0 Å². The van der Waals surface area contributed by atoms with Gasteiger partial charge in [0, 0.05) is 13.7 Å². The molecule has 0 aliphatic rings. The molecule has 0 saturated heterocycles. The summed E-state index contributed by atoms with van der Waals surface area (Å²) in [5.74, 6) is 0. The molecule has 0 unspecified atom stereocenters. The van der Waals surface area contributed by atoms with Crippen molar-refractivity contribution in [1.29, 1.82) is 0 Å². The summed E-state index contributed by atoms with van der Waals surface area (Å²) in [5, 5.41) is 3.09. The molecule has 0 fully saturated rings. The highest BCUT2D eigenvalue weighted by molar-refractivity contribution is 5.13. The molecule has 0 bridgehead atoms. The zero-order chi connectivity index (χ0) is 9.82. The molecule has 1 heteroatoms. The highest BCUT2D eigenvalue weighted by atomic mass is 14.9. The minimum Gasteiger partial charge on any atom is -0.382 e. The first-order valence-corrected chi connectivity index (χ1v) is 4.40. The van der Waals surface area contributed by atoms with Gasteiger partial charge in [0.2, 0.25) is 0 Å². The van der Waals surface area contributed by atoms with Gasteiger partial charge in [-0.15, -0.1) is 6.58 Å². The van der Waals surface area contributed by atoms with Crippen LogP contribution in [0.4, 0.5) is 0 Å². The lowest BCUT2D eigenvalue weighted by atomic mass is 10.4. The van der Waals surface area contributed by atoms with Crippen LogP contribution >= 0.6 is 0 Å².